The summed E-state index contributed by atoms with van der Waals surface area (Å²) in [6.07, 6.45) is 2.52. The zero-order valence-electron chi connectivity index (χ0n) is 12.7. The Labute approximate surface area is 133 Å². The summed E-state index contributed by atoms with van der Waals surface area (Å²) in [6, 6.07) is 6.46. The molecule has 0 aromatic heterocycles. The third kappa shape index (κ3) is 2.86. The third-order valence-corrected chi connectivity index (χ3v) is 4.52. The van der Waals surface area contributed by atoms with Gasteiger partial charge in [0, 0.05) is 24.3 Å². The first kappa shape index (κ1) is 15.3. The lowest BCUT2D eigenvalue weighted by Crippen LogP contribution is -2.52. The van der Waals surface area contributed by atoms with Crippen molar-refractivity contribution in [1.29, 1.82) is 0 Å². The summed E-state index contributed by atoms with van der Waals surface area (Å²) >= 11 is 0. The first-order chi connectivity index (χ1) is 11.0. The maximum absolute atomic E-state index is 12.3. The highest BCUT2D eigenvalue weighted by molar-refractivity contribution is 5.99. The SMILES string of the molecule is O=C(NC1(C(=O)O)CCCC1)c1ccc(N2CCNC2=O)cc1. The number of hydrogen-bond acceptors (Lipinski definition) is 3. The molecule has 1 aliphatic carbocycles. The van der Waals surface area contributed by atoms with Crippen LogP contribution in [0.1, 0.15) is 36.0 Å². The van der Waals surface area contributed by atoms with Gasteiger partial charge in [0.15, 0.2) is 0 Å². The second-order valence-corrected chi connectivity index (χ2v) is 5.98. The van der Waals surface area contributed by atoms with Crippen LogP contribution in [0.4, 0.5) is 10.5 Å². The van der Waals surface area contributed by atoms with E-state index in [1.54, 1.807) is 29.2 Å². The first-order valence-corrected chi connectivity index (χ1v) is 7.73. The van der Waals surface area contributed by atoms with Gasteiger partial charge in [-0.3, -0.25) is 9.69 Å². The molecule has 3 N–H and O–H groups in total. The van der Waals surface area contributed by atoms with Crippen molar-refractivity contribution < 1.29 is 19.5 Å². The Balaban J connectivity index is 1.73. The summed E-state index contributed by atoms with van der Waals surface area (Å²) in [5.74, 6) is -1.37. The van der Waals surface area contributed by atoms with E-state index in [2.05, 4.69) is 10.6 Å². The normalized spacial score (nSPS) is 19.5. The van der Waals surface area contributed by atoms with Gasteiger partial charge in [0.2, 0.25) is 0 Å². The number of amides is 3. The standard InChI is InChI=1S/C16H19N3O4/c20-13(18-16(14(21)22)7-1-2-8-16)11-3-5-12(6-4-11)19-10-9-17-15(19)23/h3-6H,1-2,7-10H2,(H,17,23)(H,18,20)(H,21,22). The van der Waals surface area contributed by atoms with Crippen molar-refractivity contribution in [1.82, 2.24) is 10.6 Å². The summed E-state index contributed by atoms with van der Waals surface area (Å²) in [7, 11) is 0. The molecule has 0 radical (unpaired) electrons. The highest BCUT2D eigenvalue weighted by Crippen LogP contribution is 2.30. The molecule has 1 aromatic carbocycles. The topological polar surface area (TPSA) is 98.7 Å². The van der Waals surface area contributed by atoms with E-state index in [9.17, 15) is 19.5 Å². The number of urea groups is 1. The number of carboxylic acid groups (broad SMARTS) is 1. The molecule has 7 nitrogen and oxygen atoms in total. The lowest BCUT2D eigenvalue weighted by atomic mass is 9.97. The number of hydrogen-bond donors (Lipinski definition) is 3. The van der Waals surface area contributed by atoms with Crippen molar-refractivity contribution in [3.63, 3.8) is 0 Å². The molecule has 1 saturated heterocycles. The molecule has 7 heteroatoms. The number of nitrogens with zero attached hydrogens (tertiary/aromatic N) is 1. The Morgan fingerprint density at radius 2 is 1.83 bits per heavy atom. The van der Waals surface area contributed by atoms with Crippen LogP contribution in [0.5, 0.6) is 0 Å². The van der Waals surface area contributed by atoms with Crippen LogP contribution in [0.2, 0.25) is 0 Å². The number of anilines is 1. The lowest BCUT2D eigenvalue weighted by Gasteiger charge is -2.25. The van der Waals surface area contributed by atoms with Gasteiger partial charge in [-0.25, -0.2) is 9.59 Å². The van der Waals surface area contributed by atoms with E-state index >= 15 is 0 Å². The Morgan fingerprint density at radius 3 is 2.35 bits per heavy atom. The molecular weight excluding hydrogens is 298 g/mol. The quantitative estimate of drug-likeness (QED) is 0.780. The number of aliphatic carboxylic acids is 1. The molecule has 0 atom stereocenters. The zero-order chi connectivity index (χ0) is 16.4. The molecule has 0 unspecified atom stereocenters. The van der Waals surface area contributed by atoms with Crippen molar-refractivity contribution in [3.8, 4) is 0 Å². The summed E-state index contributed by atoms with van der Waals surface area (Å²) < 4.78 is 0. The summed E-state index contributed by atoms with van der Waals surface area (Å²) in [5.41, 5.74) is -0.0452. The Bertz CT molecular complexity index is 635. The van der Waals surface area contributed by atoms with Gasteiger partial charge >= 0.3 is 12.0 Å². The Morgan fingerprint density at radius 1 is 1.17 bits per heavy atom. The average Bonchev–Trinajstić information content (AvgIpc) is 3.17. The molecule has 3 amide bonds. The van der Waals surface area contributed by atoms with Crippen molar-refractivity contribution in [2.45, 2.75) is 31.2 Å². The molecule has 3 rings (SSSR count). The fourth-order valence-corrected chi connectivity index (χ4v) is 3.17. The van der Waals surface area contributed by atoms with Crippen molar-refractivity contribution >= 4 is 23.6 Å². The molecule has 1 saturated carbocycles. The van der Waals surface area contributed by atoms with E-state index in [1.807, 2.05) is 0 Å². The minimum absolute atomic E-state index is 0.155. The minimum atomic E-state index is -1.15. The summed E-state index contributed by atoms with van der Waals surface area (Å²) in [5, 5.41) is 14.8. The molecule has 122 valence electrons. The predicted molar refractivity (Wildman–Crippen MR) is 83.5 cm³/mol. The molecule has 2 aliphatic rings. The zero-order valence-corrected chi connectivity index (χ0v) is 12.7. The van der Waals surface area contributed by atoms with Gasteiger partial charge in [0.1, 0.15) is 5.54 Å². The maximum Gasteiger partial charge on any atom is 0.329 e. The summed E-state index contributed by atoms with van der Waals surface area (Å²) in [6.45, 7) is 1.19. The van der Waals surface area contributed by atoms with Crippen LogP contribution in [-0.4, -0.2) is 41.6 Å². The van der Waals surface area contributed by atoms with E-state index in [4.69, 9.17) is 0 Å². The molecule has 23 heavy (non-hydrogen) atoms. The number of carbonyl (C=O) groups is 3. The van der Waals surface area contributed by atoms with Crippen LogP contribution in [0.25, 0.3) is 0 Å². The van der Waals surface area contributed by atoms with Gasteiger partial charge < -0.3 is 15.7 Å². The summed E-state index contributed by atoms with van der Waals surface area (Å²) in [4.78, 5) is 37.0. The van der Waals surface area contributed by atoms with Crippen LogP contribution < -0.4 is 15.5 Å². The molecule has 1 aliphatic heterocycles. The van der Waals surface area contributed by atoms with Crippen molar-refractivity contribution in [2.24, 2.45) is 0 Å². The second kappa shape index (κ2) is 5.91. The van der Waals surface area contributed by atoms with Gasteiger partial charge in [-0.1, -0.05) is 12.8 Å². The fourth-order valence-electron chi connectivity index (χ4n) is 3.17. The molecule has 1 heterocycles. The average molecular weight is 317 g/mol. The van der Waals surface area contributed by atoms with Crippen molar-refractivity contribution in [2.75, 3.05) is 18.0 Å². The molecular formula is C16H19N3O4. The third-order valence-electron chi connectivity index (χ3n) is 4.52. The first-order valence-electron chi connectivity index (χ1n) is 7.73. The Kier molecular flexibility index (Phi) is 3.94. The number of nitrogens with one attached hydrogen (secondary N) is 2. The van der Waals surface area contributed by atoms with E-state index in [-0.39, 0.29) is 6.03 Å². The van der Waals surface area contributed by atoms with Crippen molar-refractivity contribution in [3.05, 3.63) is 29.8 Å². The van der Waals surface area contributed by atoms with E-state index < -0.39 is 17.4 Å². The van der Waals surface area contributed by atoms with E-state index in [0.29, 0.717) is 37.2 Å². The second-order valence-electron chi connectivity index (χ2n) is 5.98. The molecule has 0 spiro atoms. The van der Waals surface area contributed by atoms with Crippen LogP contribution in [0, 0.1) is 0 Å². The predicted octanol–water partition coefficient (Wildman–Crippen LogP) is 1.34. The maximum atomic E-state index is 12.3. The van der Waals surface area contributed by atoms with Gasteiger partial charge in [-0.05, 0) is 37.1 Å². The molecule has 1 aromatic rings. The van der Waals surface area contributed by atoms with Crippen LogP contribution in [-0.2, 0) is 4.79 Å². The highest BCUT2D eigenvalue weighted by atomic mass is 16.4. The van der Waals surface area contributed by atoms with Gasteiger partial charge in [-0.15, -0.1) is 0 Å². The van der Waals surface area contributed by atoms with E-state index in [1.165, 1.54) is 0 Å². The largest absolute Gasteiger partial charge is 0.480 e. The number of rotatable bonds is 4. The Hall–Kier alpha value is -2.57. The van der Waals surface area contributed by atoms with Crippen LogP contribution >= 0.6 is 0 Å². The van der Waals surface area contributed by atoms with Crippen LogP contribution in [0.3, 0.4) is 0 Å². The van der Waals surface area contributed by atoms with Gasteiger partial charge in [-0.2, -0.15) is 0 Å². The highest BCUT2D eigenvalue weighted by Gasteiger charge is 2.42. The molecule has 0 bridgehead atoms. The molecule has 2 fully saturated rings. The monoisotopic (exact) mass is 317 g/mol. The number of carbonyl (C=O) groups excluding carboxylic acids is 2. The van der Waals surface area contributed by atoms with Crippen LogP contribution in [0.15, 0.2) is 24.3 Å². The minimum Gasteiger partial charge on any atom is -0.480 e. The fraction of sp³-hybridized carbons (Fsp3) is 0.438. The lowest BCUT2D eigenvalue weighted by molar-refractivity contribution is -0.144. The van der Waals surface area contributed by atoms with Gasteiger partial charge in [0.25, 0.3) is 5.91 Å². The van der Waals surface area contributed by atoms with Gasteiger partial charge in [0.05, 0.1) is 0 Å². The number of benzene rings is 1. The smallest absolute Gasteiger partial charge is 0.329 e. The van der Waals surface area contributed by atoms with E-state index in [0.717, 1.165) is 12.8 Å². The number of carboxylic acids is 1.